The maximum Gasteiger partial charge on any atom is 0.338 e. The third-order valence-electron chi connectivity index (χ3n) is 3.34. The van der Waals surface area contributed by atoms with Crippen LogP contribution in [0.3, 0.4) is 0 Å². The van der Waals surface area contributed by atoms with Crippen LogP contribution < -0.4 is 0 Å². The van der Waals surface area contributed by atoms with Gasteiger partial charge in [0.05, 0.1) is 32.4 Å². The molecule has 1 unspecified atom stereocenters. The van der Waals surface area contributed by atoms with Crippen molar-refractivity contribution in [3.05, 3.63) is 27.7 Å². The van der Waals surface area contributed by atoms with Gasteiger partial charge in [0.1, 0.15) is 0 Å². The van der Waals surface area contributed by atoms with Crippen molar-refractivity contribution in [3.8, 4) is 0 Å². The van der Waals surface area contributed by atoms with E-state index in [0.29, 0.717) is 13.0 Å². The van der Waals surface area contributed by atoms with Gasteiger partial charge in [0.2, 0.25) is 0 Å². The number of aromatic carboxylic acids is 1. The van der Waals surface area contributed by atoms with Crippen molar-refractivity contribution in [1.82, 2.24) is 0 Å². The minimum Gasteiger partial charge on any atom is -0.478 e. The number of carboxylic acids is 1. The highest BCUT2D eigenvalue weighted by Gasteiger charge is 2.26. The third-order valence-corrected chi connectivity index (χ3v) is 5.94. The van der Waals surface area contributed by atoms with Crippen LogP contribution in [-0.4, -0.2) is 38.0 Å². The summed E-state index contributed by atoms with van der Waals surface area (Å²) in [5.74, 6) is -1.50. The summed E-state index contributed by atoms with van der Waals surface area (Å²) in [5, 5.41) is 8.62. The first-order valence-electron chi connectivity index (χ1n) is 6.38. The zero-order chi connectivity index (χ0) is 15.6. The molecule has 0 saturated carbocycles. The van der Waals surface area contributed by atoms with Gasteiger partial charge in [-0.1, -0.05) is 23.2 Å². The standard InChI is InChI=1S/C13H14Cl2O5S/c14-9-3-4-10(12(15)11(9)13(16)17)21(18,19)7-5-8-2-1-6-20-8/h3-4,8H,1-2,5-7H2,(H,16,17). The highest BCUT2D eigenvalue weighted by molar-refractivity contribution is 7.91. The van der Waals surface area contributed by atoms with Crippen LogP contribution in [0.25, 0.3) is 0 Å². The SMILES string of the molecule is O=C(O)c1c(Cl)ccc(S(=O)(=O)CCC2CCCO2)c1Cl. The lowest BCUT2D eigenvalue weighted by molar-refractivity contribution is 0.0697. The molecule has 1 heterocycles. The van der Waals surface area contributed by atoms with E-state index in [1.807, 2.05) is 0 Å². The number of carboxylic acid groups (broad SMARTS) is 1. The van der Waals surface area contributed by atoms with Crippen LogP contribution in [0.2, 0.25) is 10.0 Å². The highest BCUT2D eigenvalue weighted by atomic mass is 35.5. The predicted octanol–water partition coefficient (Wildman–Crippen LogP) is 3.03. The largest absolute Gasteiger partial charge is 0.478 e. The quantitative estimate of drug-likeness (QED) is 0.880. The molecule has 5 nitrogen and oxygen atoms in total. The van der Waals surface area contributed by atoms with E-state index >= 15 is 0 Å². The summed E-state index contributed by atoms with van der Waals surface area (Å²) < 4.78 is 30.0. The molecule has 116 valence electrons. The van der Waals surface area contributed by atoms with Gasteiger partial charge in [-0.05, 0) is 31.4 Å². The zero-order valence-electron chi connectivity index (χ0n) is 11.0. The minimum atomic E-state index is -3.69. The Morgan fingerprint density at radius 1 is 1.38 bits per heavy atom. The maximum absolute atomic E-state index is 12.3. The van der Waals surface area contributed by atoms with Crippen LogP contribution >= 0.6 is 23.2 Å². The average Bonchev–Trinajstić information content (AvgIpc) is 2.88. The predicted molar refractivity (Wildman–Crippen MR) is 79.1 cm³/mol. The maximum atomic E-state index is 12.3. The molecule has 1 N–H and O–H groups in total. The lowest BCUT2D eigenvalue weighted by Crippen LogP contribution is -2.15. The van der Waals surface area contributed by atoms with E-state index in [-0.39, 0.29) is 26.8 Å². The first-order valence-corrected chi connectivity index (χ1v) is 8.79. The summed E-state index contributed by atoms with van der Waals surface area (Å²) in [6.07, 6.45) is 2.06. The normalized spacial score (nSPS) is 18.9. The van der Waals surface area contributed by atoms with Crippen LogP contribution in [0.5, 0.6) is 0 Å². The van der Waals surface area contributed by atoms with Crippen LogP contribution in [0.4, 0.5) is 0 Å². The van der Waals surface area contributed by atoms with Gasteiger partial charge < -0.3 is 9.84 Å². The summed E-state index contributed by atoms with van der Waals surface area (Å²) >= 11 is 11.7. The monoisotopic (exact) mass is 352 g/mol. The topological polar surface area (TPSA) is 80.7 Å². The molecule has 0 amide bonds. The molecule has 1 aliphatic heterocycles. The summed E-state index contributed by atoms with van der Waals surface area (Å²) in [7, 11) is -3.69. The molecule has 21 heavy (non-hydrogen) atoms. The van der Waals surface area contributed by atoms with Gasteiger partial charge >= 0.3 is 5.97 Å². The van der Waals surface area contributed by atoms with Crippen molar-refractivity contribution in [3.63, 3.8) is 0 Å². The van der Waals surface area contributed by atoms with Crippen molar-refractivity contribution >= 4 is 39.0 Å². The minimum absolute atomic E-state index is 0.0650. The molecule has 0 aromatic heterocycles. The lowest BCUT2D eigenvalue weighted by Gasteiger charge is -2.12. The summed E-state index contributed by atoms with van der Waals surface area (Å²) in [6, 6.07) is 2.47. The molecule has 1 atom stereocenters. The molecule has 0 aliphatic carbocycles. The molecule has 0 radical (unpaired) electrons. The molecule has 8 heteroatoms. The smallest absolute Gasteiger partial charge is 0.338 e. The zero-order valence-corrected chi connectivity index (χ0v) is 13.3. The second-order valence-corrected chi connectivity index (χ2v) is 7.64. The Labute approximate surface area is 132 Å². The van der Waals surface area contributed by atoms with Crippen molar-refractivity contribution in [1.29, 1.82) is 0 Å². The number of hydrogen-bond acceptors (Lipinski definition) is 4. The Bertz CT molecular complexity index is 651. The molecule has 1 aromatic carbocycles. The van der Waals surface area contributed by atoms with Crippen molar-refractivity contribution in [2.75, 3.05) is 12.4 Å². The molecular weight excluding hydrogens is 339 g/mol. The fraction of sp³-hybridized carbons (Fsp3) is 0.462. The molecular formula is C13H14Cl2O5S. The second-order valence-electron chi connectivity index (χ2n) is 4.78. The summed E-state index contributed by atoms with van der Waals surface area (Å²) in [5.41, 5.74) is -0.392. The van der Waals surface area contributed by atoms with Crippen LogP contribution in [0, 0.1) is 0 Å². The Kier molecular flexibility index (Phi) is 5.14. The van der Waals surface area contributed by atoms with E-state index in [4.69, 9.17) is 33.0 Å². The van der Waals surface area contributed by atoms with Crippen molar-refractivity contribution in [2.45, 2.75) is 30.3 Å². The molecule has 2 rings (SSSR count). The Hall–Kier alpha value is -0.820. The first-order chi connectivity index (χ1) is 9.83. The lowest BCUT2D eigenvalue weighted by atomic mass is 10.2. The van der Waals surface area contributed by atoms with Gasteiger partial charge in [-0.25, -0.2) is 13.2 Å². The molecule has 0 spiro atoms. The highest BCUT2D eigenvalue weighted by Crippen LogP contribution is 2.32. The first kappa shape index (κ1) is 16.5. The van der Waals surface area contributed by atoms with Crippen LogP contribution in [0.15, 0.2) is 17.0 Å². The van der Waals surface area contributed by atoms with Crippen molar-refractivity contribution < 1.29 is 23.1 Å². The van der Waals surface area contributed by atoms with Gasteiger partial charge in [-0.15, -0.1) is 0 Å². The Morgan fingerprint density at radius 3 is 2.67 bits per heavy atom. The van der Waals surface area contributed by atoms with E-state index in [1.165, 1.54) is 12.1 Å². The van der Waals surface area contributed by atoms with Crippen molar-refractivity contribution in [2.24, 2.45) is 0 Å². The average molecular weight is 353 g/mol. The number of ether oxygens (including phenoxy) is 1. The second kappa shape index (κ2) is 6.52. The fourth-order valence-electron chi connectivity index (χ4n) is 2.24. The molecule has 0 bridgehead atoms. The number of hydrogen-bond donors (Lipinski definition) is 1. The summed E-state index contributed by atoms with van der Waals surface area (Å²) in [4.78, 5) is 10.9. The van der Waals surface area contributed by atoms with Gasteiger partial charge in [0.25, 0.3) is 0 Å². The van der Waals surface area contributed by atoms with E-state index in [9.17, 15) is 13.2 Å². The van der Waals surface area contributed by atoms with Gasteiger partial charge in [0, 0.05) is 6.61 Å². The third kappa shape index (κ3) is 3.69. The Balaban J connectivity index is 2.27. The van der Waals surface area contributed by atoms with E-state index < -0.39 is 21.4 Å². The van der Waals surface area contributed by atoms with Crippen LogP contribution in [0.1, 0.15) is 29.6 Å². The van der Waals surface area contributed by atoms with E-state index in [1.54, 1.807) is 0 Å². The Morgan fingerprint density at radius 2 is 2.10 bits per heavy atom. The van der Waals surface area contributed by atoms with Gasteiger partial charge in [-0.3, -0.25) is 0 Å². The number of benzene rings is 1. The van der Waals surface area contributed by atoms with E-state index in [0.717, 1.165) is 12.8 Å². The van der Waals surface area contributed by atoms with Crippen LogP contribution in [-0.2, 0) is 14.6 Å². The molecule has 1 aliphatic rings. The number of rotatable bonds is 5. The van der Waals surface area contributed by atoms with Gasteiger partial charge in [0.15, 0.2) is 9.84 Å². The number of sulfone groups is 1. The fourth-order valence-corrected chi connectivity index (χ4v) is 4.57. The molecule has 1 fully saturated rings. The number of halogens is 2. The molecule has 1 aromatic rings. The van der Waals surface area contributed by atoms with Gasteiger partial charge in [-0.2, -0.15) is 0 Å². The summed E-state index contributed by atoms with van der Waals surface area (Å²) in [6.45, 7) is 0.648. The number of carbonyl (C=O) groups is 1. The van der Waals surface area contributed by atoms with E-state index in [2.05, 4.69) is 0 Å². The molecule has 1 saturated heterocycles.